The Morgan fingerprint density at radius 3 is 1.69 bits per heavy atom. The predicted octanol–water partition coefficient (Wildman–Crippen LogP) is 3.29. The van der Waals surface area contributed by atoms with Gasteiger partial charge in [0.1, 0.15) is 33.3 Å². The predicted molar refractivity (Wildman–Crippen MR) is 134 cm³/mol. The lowest BCUT2D eigenvalue weighted by molar-refractivity contribution is -0.0525. The molecule has 1 saturated heterocycles. The van der Waals surface area contributed by atoms with Crippen molar-refractivity contribution in [2.75, 3.05) is 13.2 Å². The maximum atomic E-state index is 12.9. The Bertz CT molecular complexity index is 1190. The Labute approximate surface area is 210 Å². The summed E-state index contributed by atoms with van der Waals surface area (Å²) in [7, 11) is 1.78. The SMILES string of the molecule is B[C@H]1OC(COC(=O)c2ccccc2)[C@@](C)(COC(=O)c2ccccc2)[C@@H]1OC(=O)c1ccccc1. The van der Waals surface area contributed by atoms with Crippen LogP contribution in [0.3, 0.4) is 0 Å². The molecule has 0 radical (unpaired) electrons. The molecule has 3 aromatic carbocycles. The second-order valence-corrected chi connectivity index (χ2v) is 8.93. The summed E-state index contributed by atoms with van der Waals surface area (Å²) in [5.41, 5.74) is 0.226. The Kier molecular flexibility index (Phi) is 7.85. The molecule has 1 unspecified atom stereocenters. The van der Waals surface area contributed by atoms with Crippen LogP contribution >= 0.6 is 0 Å². The van der Waals surface area contributed by atoms with E-state index in [0.717, 1.165) is 0 Å². The van der Waals surface area contributed by atoms with E-state index in [1.54, 1.807) is 93.6 Å². The van der Waals surface area contributed by atoms with E-state index in [9.17, 15) is 14.4 Å². The second-order valence-electron chi connectivity index (χ2n) is 8.93. The van der Waals surface area contributed by atoms with Gasteiger partial charge >= 0.3 is 17.9 Å². The van der Waals surface area contributed by atoms with Gasteiger partial charge in [-0.2, -0.15) is 0 Å². The van der Waals surface area contributed by atoms with E-state index < -0.39 is 41.5 Å². The molecule has 0 N–H and O–H groups in total. The van der Waals surface area contributed by atoms with Crippen molar-refractivity contribution in [2.45, 2.75) is 25.1 Å². The van der Waals surface area contributed by atoms with Crippen molar-refractivity contribution in [3.63, 3.8) is 0 Å². The first-order valence-electron chi connectivity index (χ1n) is 11.7. The largest absolute Gasteiger partial charge is 0.461 e. The van der Waals surface area contributed by atoms with Gasteiger partial charge in [0.15, 0.2) is 0 Å². The van der Waals surface area contributed by atoms with Gasteiger partial charge in [0.05, 0.1) is 28.1 Å². The summed E-state index contributed by atoms with van der Waals surface area (Å²) in [5, 5.41) is 0. The maximum absolute atomic E-state index is 12.9. The van der Waals surface area contributed by atoms with Gasteiger partial charge in [-0.15, -0.1) is 0 Å². The normalized spacial score (nSPS) is 23.0. The number of carbonyl (C=O) groups excluding carboxylic acids is 3. The molecule has 7 nitrogen and oxygen atoms in total. The Morgan fingerprint density at radius 1 is 0.750 bits per heavy atom. The topological polar surface area (TPSA) is 88.1 Å². The molecule has 4 rings (SSSR count). The van der Waals surface area contributed by atoms with Crippen molar-refractivity contribution in [3.05, 3.63) is 108 Å². The third-order valence-corrected chi connectivity index (χ3v) is 6.33. The van der Waals surface area contributed by atoms with Crippen LogP contribution in [-0.4, -0.2) is 57.2 Å². The highest BCUT2D eigenvalue weighted by Gasteiger charge is 2.55. The van der Waals surface area contributed by atoms with Crippen LogP contribution in [0.25, 0.3) is 0 Å². The molecular weight excluding hydrogens is 459 g/mol. The van der Waals surface area contributed by atoms with Crippen LogP contribution in [-0.2, 0) is 18.9 Å². The van der Waals surface area contributed by atoms with Crippen molar-refractivity contribution in [3.8, 4) is 0 Å². The number of rotatable bonds is 8. The molecule has 0 spiro atoms. The van der Waals surface area contributed by atoms with E-state index in [0.29, 0.717) is 16.7 Å². The fourth-order valence-corrected chi connectivity index (χ4v) is 4.29. The quantitative estimate of drug-likeness (QED) is 0.274. The lowest BCUT2D eigenvalue weighted by Gasteiger charge is -2.34. The minimum absolute atomic E-state index is 0.100. The van der Waals surface area contributed by atoms with Gasteiger partial charge in [-0.25, -0.2) is 14.4 Å². The average molecular weight is 486 g/mol. The zero-order valence-corrected chi connectivity index (χ0v) is 20.2. The third-order valence-electron chi connectivity index (χ3n) is 6.33. The molecule has 36 heavy (non-hydrogen) atoms. The summed E-state index contributed by atoms with van der Waals surface area (Å²) in [6.45, 7) is 1.60. The summed E-state index contributed by atoms with van der Waals surface area (Å²) < 4.78 is 23.2. The van der Waals surface area contributed by atoms with Crippen LogP contribution in [0.4, 0.5) is 0 Å². The molecule has 4 atom stereocenters. The van der Waals surface area contributed by atoms with Crippen LogP contribution in [0.2, 0.25) is 0 Å². The number of ether oxygens (including phenoxy) is 4. The number of carbonyl (C=O) groups is 3. The number of benzene rings is 3. The first-order valence-corrected chi connectivity index (χ1v) is 11.7. The maximum Gasteiger partial charge on any atom is 0.338 e. The van der Waals surface area contributed by atoms with E-state index >= 15 is 0 Å². The van der Waals surface area contributed by atoms with Crippen molar-refractivity contribution < 1.29 is 33.3 Å². The van der Waals surface area contributed by atoms with Gasteiger partial charge < -0.3 is 18.9 Å². The van der Waals surface area contributed by atoms with Gasteiger partial charge in [-0.05, 0) is 36.4 Å². The van der Waals surface area contributed by atoms with Gasteiger partial charge in [0.2, 0.25) is 0 Å². The van der Waals surface area contributed by atoms with E-state index in [2.05, 4.69) is 0 Å². The monoisotopic (exact) mass is 486 g/mol. The number of esters is 3. The van der Waals surface area contributed by atoms with E-state index in [-0.39, 0.29) is 13.2 Å². The highest BCUT2D eigenvalue weighted by atomic mass is 16.6. The summed E-state index contributed by atoms with van der Waals surface area (Å²) in [5.74, 6) is -1.52. The first-order chi connectivity index (χ1) is 17.4. The molecular formula is C28H27BO7. The van der Waals surface area contributed by atoms with Crippen molar-refractivity contribution in [2.24, 2.45) is 5.41 Å². The molecule has 0 amide bonds. The standard InChI is InChI=1S/C28H27BO7/c1-28(18-34-26(31)20-13-7-3-8-14-20)22(17-33-25(30)19-11-5-2-6-12-19)35-24(29)23(28)36-27(32)21-15-9-4-10-16-21/h2-16,22-24H,17-18,29H2,1H3/t22?,23-,24+,28-/m1/s1. The fourth-order valence-electron chi connectivity index (χ4n) is 4.29. The van der Waals surface area contributed by atoms with Crippen LogP contribution in [0.1, 0.15) is 38.0 Å². The minimum Gasteiger partial charge on any atom is -0.461 e. The van der Waals surface area contributed by atoms with E-state index in [1.165, 1.54) is 0 Å². The molecule has 1 fully saturated rings. The summed E-state index contributed by atoms with van der Waals surface area (Å²) >= 11 is 0. The zero-order valence-electron chi connectivity index (χ0n) is 20.2. The van der Waals surface area contributed by atoms with Gasteiger partial charge in [-0.3, -0.25) is 0 Å². The van der Waals surface area contributed by atoms with Crippen LogP contribution in [0, 0.1) is 5.41 Å². The second kappa shape index (κ2) is 11.2. The van der Waals surface area contributed by atoms with Crippen LogP contribution < -0.4 is 0 Å². The average Bonchev–Trinajstić information content (AvgIpc) is 3.16. The third kappa shape index (κ3) is 5.66. The highest BCUT2D eigenvalue weighted by Crippen LogP contribution is 2.41. The van der Waals surface area contributed by atoms with E-state index in [4.69, 9.17) is 18.9 Å². The molecule has 3 aromatic rings. The molecule has 8 heteroatoms. The molecule has 0 aliphatic carbocycles. The molecule has 184 valence electrons. The van der Waals surface area contributed by atoms with Gasteiger partial charge in [0.25, 0.3) is 0 Å². The zero-order chi connectivity index (χ0) is 25.5. The molecule has 1 heterocycles. The molecule has 0 bridgehead atoms. The van der Waals surface area contributed by atoms with Crippen molar-refractivity contribution >= 4 is 25.8 Å². The van der Waals surface area contributed by atoms with Gasteiger partial charge in [-0.1, -0.05) is 61.5 Å². The minimum atomic E-state index is -0.981. The summed E-state index contributed by atoms with van der Waals surface area (Å²) in [6, 6.07) is 25.3. The summed E-state index contributed by atoms with van der Waals surface area (Å²) in [4.78, 5) is 38.1. The number of hydrogen-bond acceptors (Lipinski definition) is 7. The molecule has 1 aliphatic rings. The fraction of sp³-hybridized carbons (Fsp3) is 0.250. The Hall–Kier alpha value is -3.91. The molecule has 1 aliphatic heterocycles. The van der Waals surface area contributed by atoms with E-state index in [1.807, 2.05) is 12.1 Å². The lowest BCUT2D eigenvalue weighted by Crippen LogP contribution is -2.47. The molecule has 0 aromatic heterocycles. The van der Waals surface area contributed by atoms with Crippen LogP contribution in [0.15, 0.2) is 91.0 Å². The number of hydrogen-bond donors (Lipinski definition) is 0. The van der Waals surface area contributed by atoms with Crippen molar-refractivity contribution in [1.29, 1.82) is 0 Å². The van der Waals surface area contributed by atoms with Crippen molar-refractivity contribution in [1.82, 2.24) is 0 Å². The smallest absolute Gasteiger partial charge is 0.338 e. The van der Waals surface area contributed by atoms with Gasteiger partial charge in [0, 0.05) is 0 Å². The molecule has 0 saturated carbocycles. The Morgan fingerprint density at radius 2 is 1.19 bits per heavy atom. The summed E-state index contributed by atoms with van der Waals surface area (Å²) in [6.07, 6.45) is -1.44. The lowest BCUT2D eigenvalue weighted by atomic mass is 9.76. The first kappa shape index (κ1) is 25.2. The highest BCUT2D eigenvalue weighted by molar-refractivity contribution is 6.12. The Balaban J connectivity index is 1.53. The van der Waals surface area contributed by atoms with Crippen LogP contribution in [0.5, 0.6) is 0 Å².